The van der Waals surface area contributed by atoms with Crippen molar-refractivity contribution in [1.29, 1.82) is 0 Å². The van der Waals surface area contributed by atoms with Crippen LogP contribution >= 0.6 is 11.6 Å². The van der Waals surface area contributed by atoms with Gasteiger partial charge in [0.2, 0.25) is 0 Å². The summed E-state index contributed by atoms with van der Waals surface area (Å²) in [5.74, 6) is 0.789. The Bertz CT molecular complexity index is 1200. The second kappa shape index (κ2) is 9.06. The molecule has 0 bridgehead atoms. The van der Waals surface area contributed by atoms with Gasteiger partial charge in [0.15, 0.2) is 5.78 Å². The molecule has 0 aliphatic heterocycles. The van der Waals surface area contributed by atoms with Crippen LogP contribution in [-0.2, 0) is 17.8 Å². The number of aromatic nitrogens is 2. The number of Topliss-reactive ketones (excluding diaryl/α,β-unsaturated/α-hetero) is 2. The second-order valence-corrected chi connectivity index (χ2v) is 10.9. The summed E-state index contributed by atoms with van der Waals surface area (Å²) in [7, 11) is 0. The molecule has 4 nitrogen and oxygen atoms in total. The molecule has 0 radical (unpaired) electrons. The number of hydrogen-bond donors (Lipinski definition) is 0. The van der Waals surface area contributed by atoms with Gasteiger partial charge in [0, 0.05) is 46.1 Å². The van der Waals surface area contributed by atoms with E-state index in [0.29, 0.717) is 23.9 Å². The van der Waals surface area contributed by atoms with E-state index < -0.39 is 5.41 Å². The lowest BCUT2D eigenvalue weighted by Crippen LogP contribution is -2.28. The lowest BCUT2D eigenvalue weighted by Gasteiger charge is -2.27. The summed E-state index contributed by atoms with van der Waals surface area (Å²) in [5.41, 5.74) is 4.28. The van der Waals surface area contributed by atoms with Gasteiger partial charge in [0.1, 0.15) is 5.78 Å². The highest BCUT2D eigenvalue weighted by Gasteiger charge is 2.35. The number of pyridine rings is 1. The highest BCUT2D eigenvalue weighted by atomic mass is 35.5. The van der Waals surface area contributed by atoms with Crippen LogP contribution in [0.5, 0.6) is 0 Å². The minimum atomic E-state index is -0.574. The summed E-state index contributed by atoms with van der Waals surface area (Å²) in [5, 5.41) is 1.60. The van der Waals surface area contributed by atoms with E-state index in [1.165, 1.54) is 5.56 Å². The first-order valence-corrected chi connectivity index (χ1v) is 12.3. The van der Waals surface area contributed by atoms with E-state index in [4.69, 9.17) is 11.6 Å². The van der Waals surface area contributed by atoms with E-state index in [1.54, 1.807) is 13.1 Å². The summed E-state index contributed by atoms with van der Waals surface area (Å²) in [6, 6.07) is 10.2. The molecule has 2 heterocycles. The van der Waals surface area contributed by atoms with Crippen molar-refractivity contribution in [1.82, 2.24) is 9.55 Å². The average Bonchev–Trinajstić information content (AvgIpc) is 3.00. The van der Waals surface area contributed by atoms with Crippen molar-refractivity contribution in [3.63, 3.8) is 0 Å². The van der Waals surface area contributed by atoms with E-state index in [1.807, 2.05) is 26.0 Å². The topological polar surface area (TPSA) is 52.0 Å². The molecular formula is C28H33ClN2O2. The van der Waals surface area contributed by atoms with Crippen LogP contribution < -0.4 is 0 Å². The molecule has 3 aromatic rings. The van der Waals surface area contributed by atoms with Gasteiger partial charge in [-0.1, -0.05) is 51.8 Å². The highest BCUT2D eigenvalue weighted by molar-refractivity contribution is 6.30. The molecule has 0 spiro atoms. The van der Waals surface area contributed by atoms with Crippen LogP contribution in [-0.4, -0.2) is 21.1 Å². The number of fused-ring (bicyclic) bond motifs is 1. The normalized spacial score (nSPS) is 14.6. The van der Waals surface area contributed by atoms with Crippen LogP contribution in [0.15, 0.2) is 36.5 Å². The number of ketones is 2. The molecule has 0 saturated heterocycles. The molecule has 5 heteroatoms. The maximum atomic E-state index is 13.8. The lowest BCUT2D eigenvalue weighted by atomic mass is 9.77. The summed E-state index contributed by atoms with van der Waals surface area (Å²) < 4.78 is 2.20. The zero-order valence-corrected chi connectivity index (χ0v) is 21.0. The molecule has 2 aromatic heterocycles. The predicted molar refractivity (Wildman–Crippen MR) is 134 cm³/mol. The highest BCUT2D eigenvalue weighted by Crippen LogP contribution is 2.39. The smallest absolute Gasteiger partial charge is 0.168 e. The maximum Gasteiger partial charge on any atom is 0.168 e. The van der Waals surface area contributed by atoms with Crippen LogP contribution in [0.4, 0.5) is 0 Å². The number of rotatable bonds is 8. The molecule has 1 aliphatic carbocycles. The van der Waals surface area contributed by atoms with Crippen LogP contribution in [0.2, 0.25) is 5.02 Å². The van der Waals surface area contributed by atoms with Crippen molar-refractivity contribution >= 4 is 34.1 Å². The minimum absolute atomic E-state index is 0.0830. The number of carbonyl (C=O) groups is 2. The van der Waals surface area contributed by atoms with Crippen LogP contribution in [0.3, 0.4) is 0 Å². The van der Waals surface area contributed by atoms with Crippen molar-refractivity contribution in [3.8, 4) is 0 Å². The standard InChI is InChI=1S/C28H33ClN2O2/c1-17(2)20-9-12-24-23(13-20)26(27(33)19-7-6-8-19)25(14-28(4,5)18(3)32)31(24)16-22-11-10-21(29)15-30-22/h9-13,15,17,19H,6-8,14,16H2,1-5H3. The first kappa shape index (κ1) is 23.7. The van der Waals surface area contributed by atoms with Gasteiger partial charge in [-0.2, -0.15) is 0 Å². The first-order chi connectivity index (χ1) is 15.6. The molecule has 0 amide bonds. The molecule has 0 atom stereocenters. The molecule has 4 rings (SSSR count). The zero-order chi connectivity index (χ0) is 23.9. The second-order valence-electron chi connectivity index (χ2n) is 10.4. The summed E-state index contributed by atoms with van der Waals surface area (Å²) in [6.07, 6.45) is 5.16. The zero-order valence-electron chi connectivity index (χ0n) is 20.2. The molecule has 33 heavy (non-hydrogen) atoms. The Morgan fingerprint density at radius 3 is 2.45 bits per heavy atom. The number of benzene rings is 1. The molecule has 174 valence electrons. The van der Waals surface area contributed by atoms with Gasteiger partial charge in [0.05, 0.1) is 17.3 Å². The average molecular weight is 465 g/mol. The fourth-order valence-electron chi connectivity index (χ4n) is 4.50. The predicted octanol–water partition coefficient (Wildman–Crippen LogP) is 7.00. The Morgan fingerprint density at radius 2 is 1.91 bits per heavy atom. The summed E-state index contributed by atoms with van der Waals surface area (Å²) in [6.45, 7) is 10.4. The third kappa shape index (κ3) is 4.63. The van der Waals surface area contributed by atoms with E-state index in [-0.39, 0.29) is 17.5 Å². The van der Waals surface area contributed by atoms with Crippen molar-refractivity contribution in [2.45, 2.75) is 72.8 Å². The number of hydrogen-bond acceptors (Lipinski definition) is 3. The molecule has 1 aliphatic rings. The lowest BCUT2D eigenvalue weighted by molar-refractivity contribution is -0.124. The Kier molecular flexibility index (Phi) is 6.50. The van der Waals surface area contributed by atoms with E-state index >= 15 is 0 Å². The Hall–Kier alpha value is -2.46. The van der Waals surface area contributed by atoms with Gasteiger partial charge < -0.3 is 4.57 Å². The largest absolute Gasteiger partial charge is 0.338 e. The van der Waals surface area contributed by atoms with Gasteiger partial charge >= 0.3 is 0 Å². The minimum Gasteiger partial charge on any atom is -0.338 e. The molecule has 1 saturated carbocycles. The third-order valence-electron chi connectivity index (χ3n) is 7.26. The Labute approximate surface area is 201 Å². The van der Waals surface area contributed by atoms with Crippen molar-refractivity contribution in [2.75, 3.05) is 0 Å². The number of carbonyl (C=O) groups excluding carboxylic acids is 2. The fourth-order valence-corrected chi connectivity index (χ4v) is 4.61. The summed E-state index contributed by atoms with van der Waals surface area (Å²) in [4.78, 5) is 30.8. The fraction of sp³-hybridized carbons (Fsp3) is 0.464. The van der Waals surface area contributed by atoms with Gasteiger partial charge in [-0.3, -0.25) is 14.6 Å². The van der Waals surface area contributed by atoms with E-state index in [2.05, 4.69) is 41.6 Å². The molecule has 1 fully saturated rings. The molecule has 0 unspecified atom stereocenters. The molecular weight excluding hydrogens is 432 g/mol. The third-order valence-corrected chi connectivity index (χ3v) is 7.48. The number of nitrogens with zero attached hydrogens (tertiary/aromatic N) is 2. The van der Waals surface area contributed by atoms with Gasteiger partial charge in [-0.25, -0.2) is 0 Å². The number of halogens is 1. The van der Waals surface area contributed by atoms with Crippen molar-refractivity contribution < 1.29 is 9.59 Å². The van der Waals surface area contributed by atoms with Gasteiger partial charge in [0.25, 0.3) is 0 Å². The Balaban J connectivity index is 1.97. The Morgan fingerprint density at radius 1 is 1.18 bits per heavy atom. The van der Waals surface area contributed by atoms with Gasteiger partial charge in [-0.15, -0.1) is 0 Å². The van der Waals surface area contributed by atoms with Crippen LogP contribution in [0, 0.1) is 11.3 Å². The van der Waals surface area contributed by atoms with Crippen LogP contribution in [0.25, 0.3) is 10.9 Å². The van der Waals surface area contributed by atoms with Crippen LogP contribution in [0.1, 0.15) is 87.1 Å². The molecule has 1 aromatic carbocycles. The quantitative estimate of drug-likeness (QED) is 0.337. The summed E-state index contributed by atoms with van der Waals surface area (Å²) >= 11 is 6.06. The van der Waals surface area contributed by atoms with Crippen molar-refractivity contribution in [3.05, 3.63) is 64.1 Å². The molecule has 0 N–H and O–H groups in total. The monoisotopic (exact) mass is 464 g/mol. The van der Waals surface area contributed by atoms with E-state index in [0.717, 1.165) is 47.1 Å². The maximum absolute atomic E-state index is 13.8. The first-order valence-electron chi connectivity index (χ1n) is 11.9. The van der Waals surface area contributed by atoms with Gasteiger partial charge in [-0.05, 0) is 55.5 Å². The SMILES string of the molecule is CC(=O)C(C)(C)Cc1c(C(=O)C2CCC2)c2cc(C(C)C)ccc2n1Cc1ccc(Cl)cn1. The van der Waals surface area contributed by atoms with E-state index in [9.17, 15) is 9.59 Å². The van der Waals surface area contributed by atoms with Crippen molar-refractivity contribution in [2.24, 2.45) is 11.3 Å².